The van der Waals surface area contributed by atoms with Gasteiger partial charge in [0.1, 0.15) is 5.82 Å². The summed E-state index contributed by atoms with van der Waals surface area (Å²) in [4.78, 5) is 12.2. The van der Waals surface area contributed by atoms with Crippen molar-refractivity contribution in [2.24, 2.45) is 0 Å². The van der Waals surface area contributed by atoms with Crippen molar-refractivity contribution < 1.29 is 0 Å². The topological polar surface area (TPSA) is 53.6 Å². The predicted octanol–water partition coefficient (Wildman–Crippen LogP) is 3.68. The van der Waals surface area contributed by atoms with Crippen LogP contribution in [0.3, 0.4) is 0 Å². The highest BCUT2D eigenvalue weighted by atomic mass is 32.2. The molecule has 0 aliphatic heterocycles. The molecule has 3 aromatic rings. The van der Waals surface area contributed by atoms with Crippen LogP contribution in [0.1, 0.15) is 12.5 Å². The molecule has 0 amide bonds. The zero-order valence-corrected chi connectivity index (χ0v) is 12.1. The van der Waals surface area contributed by atoms with E-state index in [2.05, 4.69) is 33.3 Å². The summed E-state index contributed by atoms with van der Waals surface area (Å²) in [5, 5.41) is 4.18. The minimum Gasteiger partial charge on any atom is -0.370 e. The molecule has 0 aliphatic carbocycles. The molecule has 4 nitrogen and oxygen atoms in total. The second-order valence-electron chi connectivity index (χ2n) is 4.43. The minimum absolute atomic E-state index is 0.876. The van der Waals surface area contributed by atoms with Crippen LogP contribution >= 0.6 is 11.8 Å². The molecular formula is C15H16N4S. The second kappa shape index (κ2) is 5.96. The molecule has 20 heavy (non-hydrogen) atoms. The van der Waals surface area contributed by atoms with Crippen molar-refractivity contribution >= 4 is 28.6 Å². The first-order valence-electron chi connectivity index (χ1n) is 6.61. The van der Waals surface area contributed by atoms with Gasteiger partial charge in [0, 0.05) is 18.5 Å². The smallest absolute Gasteiger partial charge is 0.166 e. The van der Waals surface area contributed by atoms with Gasteiger partial charge in [0.15, 0.2) is 5.16 Å². The fourth-order valence-electron chi connectivity index (χ4n) is 1.99. The number of imidazole rings is 1. The number of rotatable bonds is 5. The van der Waals surface area contributed by atoms with Gasteiger partial charge in [-0.3, -0.25) is 0 Å². The Morgan fingerprint density at radius 1 is 1.25 bits per heavy atom. The molecule has 3 rings (SSSR count). The van der Waals surface area contributed by atoms with Gasteiger partial charge in [-0.2, -0.15) is 0 Å². The first-order valence-corrected chi connectivity index (χ1v) is 7.60. The van der Waals surface area contributed by atoms with Crippen molar-refractivity contribution in [3.05, 3.63) is 48.2 Å². The summed E-state index contributed by atoms with van der Waals surface area (Å²) in [5.41, 5.74) is 3.33. The van der Waals surface area contributed by atoms with E-state index in [-0.39, 0.29) is 0 Å². The molecule has 5 heteroatoms. The molecule has 0 saturated heterocycles. The summed E-state index contributed by atoms with van der Waals surface area (Å²) in [6.45, 7) is 2.95. The molecule has 2 aromatic heterocycles. The monoisotopic (exact) mass is 284 g/mol. The van der Waals surface area contributed by atoms with Crippen molar-refractivity contribution in [3.8, 4) is 0 Å². The van der Waals surface area contributed by atoms with E-state index in [0.717, 1.165) is 34.3 Å². The van der Waals surface area contributed by atoms with E-state index in [1.54, 1.807) is 11.8 Å². The third-order valence-electron chi connectivity index (χ3n) is 2.93. The average molecular weight is 284 g/mol. The lowest BCUT2D eigenvalue weighted by Crippen LogP contribution is -1.99. The van der Waals surface area contributed by atoms with Crippen molar-refractivity contribution in [2.75, 3.05) is 11.9 Å². The highest BCUT2D eigenvalue weighted by molar-refractivity contribution is 7.98. The Morgan fingerprint density at radius 3 is 3.00 bits per heavy atom. The molecule has 0 radical (unpaired) electrons. The molecule has 0 saturated carbocycles. The highest BCUT2D eigenvalue weighted by Gasteiger charge is 2.03. The summed E-state index contributed by atoms with van der Waals surface area (Å²) < 4.78 is 0. The summed E-state index contributed by atoms with van der Waals surface area (Å²) >= 11 is 1.70. The predicted molar refractivity (Wildman–Crippen MR) is 84.1 cm³/mol. The fourth-order valence-corrected chi connectivity index (χ4v) is 2.82. The summed E-state index contributed by atoms with van der Waals surface area (Å²) in [6.07, 6.45) is 1.84. The zero-order valence-electron chi connectivity index (χ0n) is 11.3. The molecule has 0 bridgehead atoms. The average Bonchev–Trinajstić information content (AvgIpc) is 2.89. The third kappa shape index (κ3) is 2.93. The van der Waals surface area contributed by atoms with Gasteiger partial charge < -0.3 is 10.3 Å². The molecule has 2 heterocycles. The van der Waals surface area contributed by atoms with Gasteiger partial charge in [-0.1, -0.05) is 23.9 Å². The first kappa shape index (κ1) is 13.0. The summed E-state index contributed by atoms with van der Waals surface area (Å²) in [6, 6.07) is 12.2. The number of hydrogen-bond acceptors (Lipinski definition) is 4. The minimum atomic E-state index is 0.876. The van der Waals surface area contributed by atoms with Crippen molar-refractivity contribution in [1.29, 1.82) is 0 Å². The number of fused-ring (bicyclic) bond motifs is 1. The maximum Gasteiger partial charge on any atom is 0.166 e. The molecular weight excluding hydrogens is 268 g/mol. The maximum absolute atomic E-state index is 4.56. The van der Waals surface area contributed by atoms with E-state index in [1.807, 2.05) is 36.5 Å². The highest BCUT2D eigenvalue weighted by Crippen LogP contribution is 2.23. The van der Waals surface area contributed by atoms with Crippen LogP contribution in [0.15, 0.2) is 47.8 Å². The van der Waals surface area contributed by atoms with Gasteiger partial charge >= 0.3 is 0 Å². The number of para-hydroxylation sites is 2. The molecule has 1 aromatic carbocycles. The largest absolute Gasteiger partial charge is 0.370 e. The van der Waals surface area contributed by atoms with Gasteiger partial charge in [-0.25, -0.2) is 9.97 Å². The molecule has 102 valence electrons. The van der Waals surface area contributed by atoms with E-state index in [4.69, 9.17) is 0 Å². The standard InChI is InChI=1S/C15H16N4S/c1-2-16-14-9-11(7-8-17-14)10-20-15-18-12-5-3-4-6-13(12)19-15/h3-9H,2,10H2,1H3,(H,16,17)(H,18,19). The number of benzene rings is 1. The maximum atomic E-state index is 4.56. The van der Waals surface area contributed by atoms with Crippen LogP contribution in [0.2, 0.25) is 0 Å². The quantitative estimate of drug-likeness (QED) is 0.702. The Kier molecular flexibility index (Phi) is 3.87. The van der Waals surface area contributed by atoms with E-state index < -0.39 is 0 Å². The molecule has 0 aliphatic rings. The van der Waals surface area contributed by atoms with Crippen molar-refractivity contribution in [2.45, 2.75) is 17.8 Å². The number of nitrogens with one attached hydrogen (secondary N) is 2. The van der Waals surface area contributed by atoms with Gasteiger partial charge in [0.25, 0.3) is 0 Å². The normalized spacial score (nSPS) is 10.8. The van der Waals surface area contributed by atoms with Crippen LogP contribution in [0, 0.1) is 0 Å². The van der Waals surface area contributed by atoms with Gasteiger partial charge in [0.05, 0.1) is 11.0 Å². The second-order valence-corrected chi connectivity index (χ2v) is 5.39. The summed E-state index contributed by atoms with van der Waals surface area (Å²) in [5.74, 6) is 1.80. The number of pyridine rings is 1. The third-order valence-corrected chi connectivity index (χ3v) is 3.87. The Bertz CT molecular complexity index is 675. The van der Waals surface area contributed by atoms with E-state index >= 15 is 0 Å². The number of H-pyrrole nitrogens is 1. The Morgan fingerprint density at radius 2 is 2.15 bits per heavy atom. The molecule has 0 spiro atoms. The lowest BCUT2D eigenvalue weighted by atomic mass is 10.3. The van der Waals surface area contributed by atoms with Gasteiger partial charge in [-0.05, 0) is 36.8 Å². The lowest BCUT2D eigenvalue weighted by Gasteiger charge is -2.04. The molecule has 0 atom stereocenters. The zero-order chi connectivity index (χ0) is 13.8. The van der Waals surface area contributed by atoms with Crippen LogP contribution in [0.5, 0.6) is 0 Å². The first-order chi connectivity index (χ1) is 9.85. The number of aromatic amines is 1. The van der Waals surface area contributed by atoms with E-state index in [1.165, 1.54) is 5.56 Å². The van der Waals surface area contributed by atoms with Crippen LogP contribution in [-0.4, -0.2) is 21.5 Å². The molecule has 0 fully saturated rings. The Hall–Kier alpha value is -2.01. The Labute approximate surface area is 122 Å². The van der Waals surface area contributed by atoms with Gasteiger partial charge in [0.2, 0.25) is 0 Å². The number of hydrogen-bond donors (Lipinski definition) is 2. The molecule has 0 unspecified atom stereocenters. The fraction of sp³-hybridized carbons (Fsp3) is 0.200. The lowest BCUT2D eigenvalue weighted by molar-refractivity contribution is 1.08. The van der Waals surface area contributed by atoms with Gasteiger partial charge in [-0.15, -0.1) is 0 Å². The van der Waals surface area contributed by atoms with Crippen LogP contribution < -0.4 is 5.32 Å². The number of thioether (sulfide) groups is 1. The number of aromatic nitrogens is 3. The number of anilines is 1. The van der Waals surface area contributed by atoms with E-state index in [9.17, 15) is 0 Å². The van der Waals surface area contributed by atoms with Crippen LogP contribution in [0.25, 0.3) is 11.0 Å². The number of nitrogens with zero attached hydrogens (tertiary/aromatic N) is 2. The summed E-state index contributed by atoms with van der Waals surface area (Å²) in [7, 11) is 0. The van der Waals surface area contributed by atoms with E-state index in [0.29, 0.717) is 0 Å². The van der Waals surface area contributed by atoms with Crippen molar-refractivity contribution in [1.82, 2.24) is 15.0 Å². The van der Waals surface area contributed by atoms with Crippen LogP contribution in [-0.2, 0) is 5.75 Å². The van der Waals surface area contributed by atoms with Crippen molar-refractivity contribution in [3.63, 3.8) is 0 Å². The molecule has 2 N–H and O–H groups in total. The van der Waals surface area contributed by atoms with Crippen LogP contribution in [0.4, 0.5) is 5.82 Å². The SMILES string of the molecule is CCNc1cc(CSc2nc3ccccc3[nH]2)ccn1. The Balaban J connectivity index is 1.71.